The summed E-state index contributed by atoms with van der Waals surface area (Å²) >= 11 is 0. The Morgan fingerprint density at radius 1 is 1.19 bits per heavy atom. The molecule has 5 heteroatoms. The number of hydrogen-bond acceptors (Lipinski definition) is 3. The average molecular weight is 353 g/mol. The first kappa shape index (κ1) is 17.0. The fraction of sp³-hybridized carbons (Fsp3) is 0.381. The minimum Gasteiger partial charge on any atom is -0.489 e. The molecule has 0 aliphatic heterocycles. The van der Waals surface area contributed by atoms with E-state index < -0.39 is 0 Å². The van der Waals surface area contributed by atoms with E-state index in [1.807, 2.05) is 29.1 Å². The van der Waals surface area contributed by atoms with Gasteiger partial charge in [-0.3, -0.25) is 0 Å². The zero-order chi connectivity index (χ0) is 18.1. The highest BCUT2D eigenvalue weighted by molar-refractivity contribution is 5.81. The summed E-state index contributed by atoms with van der Waals surface area (Å²) in [6, 6.07) is 12.6. The molecule has 3 aromatic rings. The van der Waals surface area contributed by atoms with Crippen molar-refractivity contribution in [2.45, 2.75) is 38.8 Å². The van der Waals surface area contributed by atoms with E-state index in [1.54, 1.807) is 12.1 Å². The Balaban J connectivity index is 1.48. The third-order valence-corrected chi connectivity index (χ3v) is 5.06. The van der Waals surface area contributed by atoms with Crippen molar-refractivity contribution in [3.05, 3.63) is 54.5 Å². The van der Waals surface area contributed by atoms with Gasteiger partial charge in [0.1, 0.15) is 17.7 Å². The van der Waals surface area contributed by atoms with E-state index in [9.17, 15) is 4.39 Å². The van der Waals surface area contributed by atoms with Gasteiger partial charge in [-0.1, -0.05) is 0 Å². The van der Waals surface area contributed by atoms with E-state index in [2.05, 4.69) is 24.3 Å². The van der Waals surface area contributed by atoms with Gasteiger partial charge in [0.15, 0.2) is 0 Å². The first-order valence-corrected chi connectivity index (χ1v) is 9.24. The molecule has 1 fully saturated rings. The van der Waals surface area contributed by atoms with Crippen molar-refractivity contribution in [3.63, 3.8) is 0 Å². The second-order valence-corrected chi connectivity index (χ2v) is 7.22. The normalized spacial score (nSPS) is 16.6. The molecule has 4 nitrogen and oxygen atoms in total. The molecule has 0 unspecified atom stereocenters. The fourth-order valence-electron chi connectivity index (χ4n) is 3.03. The summed E-state index contributed by atoms with van der Waals surface area (Å²) in [7, 11) is 0. The third-order valence-electron chi connectivity index (χ3n) is 5.06. The molecule has 2 atom stereocenters. The van der Waals surface area contributed by atoms with Gasteiger partial charge in [0.05, 0.1) is 17.4 Å². The number of benzene rings is 2. The SMILES string of the molecule is C[C@H](NCC1CC1)[C@@H](C)Oc1ccc2c(cnn2-c2ccc(F)cc2)c1. The minimum absolute atomic E-state index is 0.0818. The second kappa shape index (κ2) is 7.08. The van der Waals surface area contributed by atoms with Gasteiger partial charge in [-0.25, -0.2) is 9.07 Å². The maximum Gasteiger partial charge on any atom is 0.123 e. The molecule has 1 aliphatic rings. The lowest BCUT2D eigenvalue weighted by Gasteiger charge is -2.22. The largest absolute Gasteiger partial charge is 0.489 e. The Hall–Kier alpha value is -2.40. The number of hydrogen-bond donors (Lipinski definition) is 1. The fourth-order valence-corrected chi connectivity index (χ4v) is 3.03. The lowest BCUT2D eigenvalue weighted by atomic mass is 10.2. The van der Waals surface area contributed by atoms with Crippen LogP contribution >= 0.6 is 0 Å². The molecule has 4 rings (SSSR count). The molecule has 0 bridgehead atoms. The Morgan fingerprint density at radius 2 is 1.96 bits per heavy atom. The van der Waals surface area contributed by atoms with Gasteiger partial charge in [-0.15, -0.1) is 0 Å². The summed E-state index contributed by atoms with van der Waals surface area (Å²) in [5.74, 6) is 1.45. The van der Waals surface area contributed by atoms with Gasteiger partial charge in [0.2, 0.25) is 0 Å². The van der Waals surface area contributed by atoms with Crippen molar-refractivity contribution in [1.29, 1.82) is 0 Å². The summed E-state index contributed by atoms with van der Waals surface area (Å²) in [6.07, 6.45) is 4.59. The molecule has 1 aliphatic carbocycles. The molecular formula is C21H24FN3O. The van der Waals surface area contributed by atoms with Crippen LogP contribution in [0.1, 0.15) is 26.7 Å². The Morgan fingerprint density at radius 3 is 2.69 bits per heavy atom. The summed E-state index contributed by atoms with van der Waals surface area (Å²) in [6.45, 7) is 5.34. The number of fused-ring (bicyclic) bond motifs is 1. The average Bonchev–Trinajstić information content (AvgIpc) is 3.38. The lowest BCUT2D eigenvalue weighted by molar-refractivity contribution is 0.177. The van der Waals surface area contributed by atoms with Crippen molar-refractivity contribution in [2.24, 2.45) is 5.92 Å². The number of rotatable bonds is 7. The topological polar surface area (TPSA) is 39.1 Å². The van der Waals surface area contributed by atoms with E-state index in [0.717, 1.165) is 34.8 Å². The van der Waals surface area contributed by atoms with Gasteiger partial charge in [-0.05, 0) is 81.6 Å². The van der Waals surface area contributed by atoms with Gasteiger partial charge in [0, 0.05) is 11.4 Å². The van der Waals surface area contributed by atoms with Crippen LogP contribution in [0.4, 0.5) is 4.39 Å². The Kier molecular flexibility index (Phi) is 4.64. The zero-order valence-electron chi connectivity index (χ0n) is 15.2. The highest BCUT2D eigenvalue weighted by atomic mass is 19.1. The number of nitrogens with zero attached hydrogens (tertiary/aromatic N) is 2. The van der Waals surface area contributed by atoms with Gasteiger partial charge in [-0.2, -0.15) is 5.10 Å². The first-order valence-electron chi connectivity index (χ1n) is 9.24. The van der Waals surface area contributed by atoms with Gasteiger partial charge >= 0.3 is 0 Å². The van der Waals surface area contributed by atoms with E-state index in [4.69, 9.17) is 4.74 Å². The van der Waals surface area contributed by atoms with Crippen molar-refractivity contribution in [1.82, 2.24) is 15.1 Å². The van der Waals surface area contributed by atoms with Crippen LogP contribution in [-0.4, -0.2) is 28.5 Å². The maximum absolute atomic E-state index is 13.1. The molecule has 1 heterocycles. The molecule has 26 heavy (non-hydrogen) atoms. The van der Waals surface area contributed by atoms with Crippen LogP contribution in [0, 0.1) is 11.7 Å². The molecule has 0 radical (unpaired) electrons. The smallest absolute Gasteiger partial charge is 0.123 e. The predicted molar refractivity (Wildman–Crippen MR) is 101 cm³/mol. The molecule has 1 N–H and O–H groups in total. The molecule has 2 aromatic carbocycles. The van der Waals surface area contributed by atoms with E-state index in [1.165, 1.54) is 25.0 Å². The van der Waals surface area contributed by atoms with Gasteiger partial charge in [0.25, 0.3) is 0 Å². The molecule has 136 valence electrons. The number of nitrogens with one attached hydrogen (secondary N) is 1. The third kappa shape index (κ3) is 3.73. The van der Waals surface area contributed by atoms with E-state index >= 15 is 0 Å². The molecule has 1 aromatic heterocycles. The van der Waals surface area contributed by atoms with Crippen LogP contribution < -0.4 is 10.1 Å². The second-order valence-electron chi connectivity index (χ2n) is 7.22. The number of aromatic nitrogens is 2. The van der Waals surface area contributed by atoms with Crippen LogP contribution in [-0.2, 0) is 0 Å². The first-order chi connectivity index (χ1) is 12.6. The van der Waals surface area contributed by atoms with E-state index in [0.29, 0.717) is 6.04 Å². The van der Waals surface area contributed by atoms with Crippen molar-refractivity contribution in [3.8, 4) is 11.4 Å². The van der Waals surface area contributed by atoms with Crippen LogP contribution in [0.5, 0.6) is 5.75 Å². The Labute approximate surface area is 153 Å². The number of ether oxygens (including phenoxy) is 1. The van der Waals surface area contributed by atoms with Crippen LogP contribution in [0.3, 0.4) is 0 Å². The standard InChI is InChI=1S/C21H24FN3O/c1-14(23-12-16-3-4-16)15(2)26-20-9-10-21-17(11-20)13-24-25(21)19-7-5-18(22)6-8-19/h5-11,13-16,23H,3-4,12H2,1-2H3/t14-,15+/m0/s1. The zero-order valence-corrected chi connectivity index (χ0v) is 15.2. The molecular weight excluding hydrogens is 329 g/mol. The van der Waals surface area contributed by atoms with Crippen molar-refractivity contribution >= 4 is 10.9 Å². The molecule has 0 saturated heterocycles. The predicted octanol–water partition coefficient (Wildman–Crippen LogP) is 4.32. The van der Waals surface area contributed by atoms with Crippen LogP contribution in [0.15, 0.2) is 48.7 Å². The molecule has 0 amide bonds. The maximum atomic E-state index is 13.1. The summed E-state index contributed by atoms with van der Waals surface area (Å²) in [5.41, 5.74) is 1.80. The van der Waals surface area contributed by atoms with Gasteiger partial charge < -0.3 is 10.1 Å². The van der Waals surface area contributed by atoms with Crippen LogP contribution in [0.25, 0.3) is 16.6 Å². The molecule has 1 saturated carbocycles. The highest BCUT2D eigenvalue weighted by Gasteiger charge is 2.23. The van der Waals surface area contributed by atoms with E-state index in [-0.39, 0.29) is 11.9 Å². The monoisotopic (exact) mass is 353 g/mol. The quantitative estimate of drug-likeness (QED) is 0.687. The highest BCUT2D eigenvalue weighted by Crippen LogP contribution is 2.28. The molecule has 0 spiro atoms. The lowest BCUT2D eigenvalue weighted by Crippen LogP contribution is -2.39. The van der Waals surface area contributed by atoms with Crippen molar-refractivity contribution < 1.29 is 9.13 Å². The summed E-state index contributed by atoms with van der Waals surface area (Å²) in [5, 5.41) is 8.99. The number of halogens is 1. The van der Waals surface area contributed by atoms with Crippen molar-refractivity contribution in [2.75, 3.05) is 6.54 Å². The minimum atomic E-state index is -0.251. The Bertz CT molecular complexity index is 886. The van der Waals surface area contributed by atoms with Crippen LogP contribution in [0.2, 0.25) is 0 Å². The summed E-state index contributed by atoms with van der Waals surface area (Å²) in [4.78, 5) is 0. The summed E-state index contributed by atoms with van der Waals surface area (Å²) < 4.78 is 21.1.